The maximum atomic E-state index is 5.03. The zero-order chi connectivity index (χ0) is 22.5. The van der Waals surface area contributed by atoms with Gasteiger partial charge in [-0.25, -0.2) is 9.67 Å². The van der Waals surface area contributed by atoms with Gasteiger partial charge in [-0.2, -0.15) is 10.3 Å². The second-order valence-corrected chi connectivity index (χ2v) is 8.83. The van der Waals surface area contributed by atoms with Crippen LogP contribution in [0.2, 0.25) is 0 Å². The topological polar surface area (TPSA) is 98.1 Å². The number of tetrazole rings is 1. The van der Waals surface area contributed by atoms with Crippen LogP contribution in [-0.4, -0.2) is 40.4 Å². The number of aromatic amines is 1. The van der Waals surface area contributed by atoms with Crippen molar-refractivity contribution in [2.45, 2.75) is 70.8 Å². The standard InChI is InChI=1S/C25H30N8/c1-2-3-15-33-23(27-24(30-33)20-7-5-4-6-8-20)16-18-9-11-19(12-10-18)21-13-14-26-17-22(21)25-28-31-32-29-25/h9-14,17,20H,2-8,15-16H2,1H3,(H,28,29,31,32). The molecule has 0 unspecified atom stereocenters. The van der Waals surface area contributed by atoms with E-state index in [0.717, 1.165) is 54.1 Å². The fourth-order valence-electron chi connectivity index (χ4n) is 4.63. The maximum Gasteiger partial charge on any atom is 0.206 e. The molecule has 0 saturated heterocycles. The van der Waals surface area contributed by atoms with E-state index in [9.17, 15) is 0 Å². The minimum atomic E-state index is 0.526. The van der Waals surface area contributed by atoms with Crippen LogP contribution in [0.4, 0.5) is 0 Å². The van der Waals surface area contributed by atoms with E-state index in [-0.39, 0.29) is 0 Å². The number of unbranched alkanes of at least 4 members (excludes halogenated alkanes) is 1. The van der Waals surface area contributed by atoms with Gasteiger partial charge < -0.3 is 0 Å². The second-order valence-electron chi connectivity index (χ2n) is 8.83. The lowest BCUT2D eigenvalue weighted by Crippen LogP contribution is -2.08. The number of hydrogen-bond acceptors (Lipinski definition) is 6. The van der Waals surface area contributed by atoms with Gasteiger partial charge in [0.1, 0.15) is 5.82 Å². The van der Waals surface area contributed by atoms with E-state index in [1.807, 2.05) is 6.07 Å². The highest BCUT2D eigenvalue weighted by Crippen LogP contribution is 2.32. The van der Waals surface area contributed by atoms with E-state index in [1.165, 1.54) is 37.7 Å². The van der Waals surface area contributed by atoms with Crippen LogP contribution < -0.4 is 0 Å². The van der Waals surface area contributed by atoms with Gasteiger partial charge in [0.25, 0.3) is 0 Å². The highest BCUT2D eigenvalue weighted by molar-refractivity contribution is 5.79. The maximum absolute atomic E-state index is 5.03. The van der Waals surface area contributed by atoms with Gasteiger partial charge in [-0.3, -0.25) is 4.98 Å². The lowest BCUT2D eigenvalue weighted by molar-refractivity contribution is 0.425. The summed E-state index contributed by atoms with van der Waals surface area (Å²) in [6, 6.07) is 10.6. The Kier molecular flexibility index (Phi) is 6.51. The molecule has 1 aliphatic carbocycles. The summed E-state index contributed by atoms with van der Waals surface area (Å²) >= 11 is 0. The van der Waals surface area contributed by atoms with E-state index < -0.39 is 0 Å². The van der Waals surface area contributed by atoms with Crippen LogP contribution in [0.5, 0.6) is 0 Å². The Labute approximate surface area is 193 Å². The summed E-state index contributed by atoms with van der Waals surface area (Å²) < 4.78 is 2.15. The molecule has 170 valence electrons. The van der Waals surface area contributed by atoms with Gasteiger partial charge in [-0.15, -0.1) is 10.2 Å². The Bertz CT molecular complexity index is 1160. The number of aryl methyl sites for hydroxylation is 1. The van der Waals surface area contributed by atoms with Crippen molar-refractivity contribution in [3.63, 3.8) is 0 Å². The molecule has 1 N–H and O–H groups in total. The molecule has 5 rings (SSSR count). The average molecular weight is 443 g/mol. The van der Waals surface area contributed by atoms with E-state index in [1.54, 1.807) is 12.4 Å². The molecule has 3 aromatic heterocycles. The van der Waals surface area contributed by atoms with Crippen LogP contribution in [-0.2, 0) is 13.0 Å². The fraction of sp³-hybridized carbons (Fsp3) is 0.440. The Morgan fingerprint density at radius 1 is 1.03 bits per heavy atom. The van der Waals surface area contributed by atoms with Crippen molar-refractivity contribution < 1.29 is 0 Å². The molecule has 8 heteroatoms. The molecule has 0 aliphatic heterocycles. The zero-order valence-electron chi connectivity index (χ0n) is 19.1. The second kappa shape index (κ2) is 10.0. The first kappa shape index (κ1) is 21.4. The average Bonchev–Trinajstić information content (AvgIpc) is 3.54. The summed E-state index contributed by atoms with van der Waals surface area (Å²) in [5, 5.41) is 19.4. The summed E-state index contributed by atoms with van der Waals surface area (Å²) in [4.78, 5) is 9.26. The molecule has 0 amide bonds. The highest BCUT2D eigenvalue weighted by Gasteiger charge is 2.21. The van der Waals surface area contributed by atoms with Gasteiger partial charge in [0, 0.05) is 36.8 Å². The van der Waals surface area contributed by atoms with Crippen molar-refractivity contribution in [1.29, 1.82) is 0 Å². The molecule has 8 nitrogen and oxygen atoms in total. The summed E-state index contributed by atoms with van der Waals surface area (Å²) in [5.41, 5.74) is 4.21. The molecule has 4 aromatic rings. The summed E-state index contributed by atoms with van der Waals surface area (Å²) in [7, 11) is 0. The molecule has 0 radical (unpaired) electrons. The Balaban J connectivity index is 1.38. The Hall–Kier alpha value is -3.42. The molecule has 1 aromatic carbocycles. The van der Waals surface area contributed by atoms with Crippen LogP contribution in [0.15, 0.2) is 42.7 Å². The van der Waals surface area contributed by atoms with E-state index >= 15 is 0 Å². The van der Waals surface area contributed by atoms with E-state index in [4.69, 9.17) is 10.1 Å². The minimum Gasteiger partial charge on any atom is -0.264 e. The van der Waals surface area contributed by atoms with Crippen LogP contribution in [0.1, 0.15) is 75.0 Å². The first-order chi connectivity index (χ1) is 16.3. The number of nitrogens with one attached hydrogen (secondary N) is 1. The summed E-state index contributed by atoms with van der Waals surface area (Å²) in [6.07, 6.45) is 13.0. The van der Waals surface area contributed by atoms with Gasteiger partial charge in [0.2, 0.25) is 5.82 Å². The van der Waals surface area contributed by atoms with E-state index in [0.29, 0.717) is 11.7 Å². The van der Waals surface area contributed by atoms with Crippen molar-refractivity contribution in [2.24, 2.45) is 0 Å². The number of nitrogens with zero attached hydrogens (tertiary/aromatic N) is 7. The summed E-state index contributed by atoms with van der Waals surface area (Å²) in [6.45, 7) is 3.16. The lowest BCUT2D eigenvalue weighted by Gasteiger charge is -2.18. The smallest absolute Gasteiger partial charge is 0.206 e. The van der Waals surface area contributed by atoms with Gasteiger partial charge in [-0.05, 0) is 47.2 Å². The highest BCUT2D eigenvalue weighted by atomic mass is 15.5. The summed E-state index contributed by atoms with van der Waals surface area (Å²) in [5.74, 6) is 3.20. The molecule has 1 aliphatic rings. The van der Waals surface area contributed by atoms with Crippen molar-refractivity contribution in [1.82, 2.24) is 40.4 Å². The number of aromatic nitrogens is 8. The third-order valence-corrected chi connectivity index (χ3v) is 6.49. The normalized spacial score (nSPS) is 14.6. The third kappa shape index (κ3) is 4.84. The SMILES string of the molecule is CCCCn1nc(C2CCCCC2)nc1Cc1ccc(-c2ccncc2-c2nn[nH]n2)cc1. The fourth-order valence-corrected chi connectivity index (χ4v) is 4.63. The molecule has 33 heavy (non-hydrogen) atoms. The first-order valence-corrected chi connectivity index (χ1v) is 12.0. The van der Waals surface area contributed by atoms with Crippen molar-refractivity contribution >= 4 is 0 Å². The molecule has 3 heterocycles. The van der Waals surface area contributed by atoms with Gasteiger partial charge in [0.15, 0.2) is 5.82 Å². The van der Waals surface area contributed by atoms with Crippen molar-refractivity contribution in [3.8, 4) is 22.5 Å². The molecule has 0 atom stereocenters. The Morgan fingerprint density at radius 2 is 1.88 bits per heavy atom. The quantitative estimate of drug-likeness (QED) is 0.414. The molecular weight excluding hydrogens is 412 g/mol. The zero-order valence-corrected chi connectivity index (χ0v) is 19.1. The van der Waals surface area contributed by atoms with Crippen LogP contribution in [0.25, 0.3) is 22.5 Å². The third-order valence-electron chi connectivity index (χ3n) is 6.49. The molecule has 0 spiro atoms. The van der Waals surface area contributed by atoms with Gasteiger partial charge in [0.05, 0.1) is 0 Å². The number of benzene rings is 1. The lowest BCUT2D eigenvalue weighted by atomic mass is 9.89. The predicted molar refractivity (Wildman–Crippen MR) is 126 cm³/mol. The Morgan fingerprint density at radius 3 is 2.64 bits per heavy atom. The number of pyridine rings is 1. The first-order valence-electron chi connectivity index (χ1n) is 12.0. The number of rotatable bonds is 8. The van der Waals surface area contributed by atoms with Crippen LogP contribution in [0.3, 0.4) is 0 Å². The van der Waals surface area contributed by atoms with E-state index in [2.05, 4.69) is 61.5 Å². The molecule has 0 bridgehead atoms. The molecule has 1 fully saturated rings. The van der Waals surface area contributed by atoms with Crippen LogP contribution >= 0.6 is 0 Å². The molecule has 1 saturated carbocycles. The largest absolute Gasteiger partial charge is 0.264 e. The van der Waals surface area contributed by atoms with Gasteiger partial charge in [-0.1, -0.05) is 56.9 Å². The predicted octanol–water partition coefficient (Wildman–Crippen LogP) is 4.96. The number of H-pyrrole nitrogens is 1. The number of hydrogen-bond donors (Lipinski definition) is 1. The van der Waals surface area contributed by atoms with Crippen LogP contribution in [0, 0.1) is 0 Å². The molecular formula is C25H30N8. The van der Waals surface area contributed by atoms with Crippen molar-refractivity contribution in [3.05, 3.63) is 59.9 Å². The van der Waals surface area contributed by atoms with Crippen molar-refractivity contribution in [2.75, 3.05) is 0 Å². The minimum absolute atomic E-state index is 0.526. The van der Waals surface area contributed by atoms with Gasteiger partial charge >= 0.3 is 0 Å². The monoisotopic (exact) mass is 442 g/mol.